The smallest absolute Gasteiger partial charge is 0.217 e. The molecule has 0 aliphatic carbocycles. The maximum atomic E-state index is 12.4. The Labute approximate surface area is 342 Å². The molecule has 5 heterocycles. The van der Waals surface area contributed by atoms with Crippen molar-refractivity contribution in [3.05, 3.63) is 0 Å². The van der Waals surface area contributed by atoms with E-state index < -0.39 is 192 Å². The summed E-state index contributed by atoms with van der Waals surface area (Å²) < 4.78 is 51.7. The average molecular weight is 879 g/mol. The lowest BCUT2D eigenvalue weighted by Gasteiger charge is -2.50. The van der Waals surface area contributed by atoms with Crippen molar-refractivity contribution in [2.24, 2.45) is 0 Å². The van der Waals surface area contributed by atoms with E-state index >= 15 is 0 Å². The number of rotatable bonds is 15. The number of aliphatic hydroxyl groups excluding tert-OH is 13. The zero-order valence-electron chi connectivity index (χ0n) is 32.5. The Bertz CT molecular complexity index is 1370. The lowest BCUT2D eigenvalue weighted by molar-refractivity contribution is -0.376. The molecule has 5 saturated heterocycles. The molecule has 9 unspecified atom stereocenters. The third-order valence-electron chi connectivity index (χ3n) is 10.9. The summed E-state index contributed by atoms with van der Waals surface area (Å²) in [7, 11) is 0. The first-order valence-corrected chi connectivity index (χ1v) is 19.4. The molecule has 23 atom stereocenters. The highest BCUT2D eigenvalue weighted by molar-refractivity contribution is 5.73. The second-order valence-corrected chi connectivity index (χ2v) is 15.2. The Morgan fingerprint density at radius 2 is 0.967 bits per heavy atom. The van der Waals surface area contributed by atoms with Crippen LogP contribution in [-0.4, -0.2) is 252 Å². The highest BCUT2D eigenvalue weighted by atomic mass is 16.8. The Balaban J connectivity index is 1.38. The second kappa shape index (κ2) is 21.6. The van der Waals surface area contributed by atoms with Gasteiger partial charge in [0.1, 0.15) is 97.5 Å². The van der Waals surface area contributed by atoms with E-state index in [1.54, 1.807) is 0 Å². The standard InChI is InChI=1S/C34H58N2O24/c1-10(41)35-21-26(48)29(16(7-39)55-32(21)51)59-33-22(36-11(2)42)27(49)30(17(8-40)56-33)60-34-28(50)31(58-20-4-13(44)24(46)15(6-38)54-20)25(47)18(57-34)9-52-19-3-12(43)23(45)14(5-37)53-19/h12-34,37-40,43-51H,3-9H2,1-2H3,(H,35,41)(H,36,42)/t12-,13?,14?,15?,16?,17?,18?,19+,20+,21?,22?,23+,24-,25-,26-,27-,28?,29-,30-,31+,32-,33+,34+/m1/s1. The molecule has 0 saturated carbocycles. The molecule has 5 aliphatic heterocycles. The van der Waals surface area contributed by atoms with Crippen LogP contribution in [0.1, 0.15) is 26.7 Å². The van der Waals surface area contributed by atoms with Crippen LogP contribution in [0.4, 0.5) is 0 Å². The van der Waals surface area contributed by atoms with Gasteiger partial charge in [-0.3, -0.25) is 9.59 Å². The van der Waals surface area contributed by atoms with Crippen molar-refractivity contribution >= 4 is 11.8 Å². The lowest BCUT2D eigenvalue weighted by Crippen LogP contribution is -2.70. The normalized spacial score (nSPS) is 47.7. The minimum Gasteiger partial charge on any atom is -0.394 e. The molecular weight excluding hydrogens is 820 g/mol. The fraction of sp³-hybridized carbons (Fsp3) is 0.941. The van der Waals surface area contributed by atoms with Crippen molar-refractivity contribution in [3.63, 3.8) is 0 Å². The molecule has 0 aromatic carbocycles. The van der Waals surface area contributed by atoms with Gasteiger partial charge in [-0.25, -0.2) is 0 Å². The molecule has 348 valence electrons. The van der Waals surface area contributed by atoms with Crippen LogP contribution in [0.3, 0.4) is 0 Å². The summed E-state index contributed by atoms with van der Waals surface area (Å²) in [4.78, 5) is 24.2. The van der Waals surface area contributed by atoms with Crippen molar-refractivity contribution in [2.45, 2.75) is 168 Å². The van der Waals surface area contributed by atoms with Crippen molar-refractivity contribution in [3.8, 4) is 0 Å². The van der Waals surface area contributed by atoms with Gasteiger partial charge in [-0.1, -0.05) is 0 Å². The molecule has 0 aromatic heterocycles. The quantitative estimate of drug-likeness (QED) is 0.0726. The van der Waals surface area contributed by atoms with Gasteiger partial charge in [0.25, 0.3) is 0 Å². The molecule has 60 heavy (non-hydrogen) atoms. The monoisotopic (exact) mass is 878 g/mol. The Hall–Kier alpha value is -1.94. The van der Waals surface area contributed by atoms with Gasteiger partial charge in [0, 0.05) is 26.7 Å². The lowest BCUT2D eigenvalue weighted by atomic mass is 9.94. The highest BCUT2D eigenvalue weighted by Gasteiger charge is 2.55. The van der Waals surface area contributed by atoms with Gasteiger partial charge in [0.05, 0.1) is 45.2 Å². The highest BCUT2D eigenvalue weighted by Crippen LogP contribution is 2.35. The van der Waals surface area contributed by atoms with E-state index in [1.807, 2.05) is 0 Å². The number of ether oxygens (including phenoxy) is 9. The zero-order chi connectivity index (χ0) is 44.2. The van der Waals surface area contributed by atoms with E-state index in [9.17, 15) is 76.0 Å². The predicted molar refractivity (Wildman–Crippen MR) is 187 cm³/mol. The van der Waals surface area contributed by atoms with E-state index in [0.717, 1.165) is 13.8 Å². The van der Waals surface area contributed by atoms with Crippen LogP contribution in [0.2, 0.25) is 0 Å². The number of hydrogen-bond donors (Lipinski definition) is 15. The molecule has 5 rings (SSSR count). The molecule has 0 spiro atoms. The summed E-state index contributed by atoms with van der Waals surface area (Å²) in [5, 5.41) is 142. The van der Waals surface area contributed by atoms with Gasteiger partial charge in [-0.05, 0) is 0 Å². The number of amides is 2. The first-order valence-electron chi connectivity index (χ1n) is 19.4. The van der Waals surface area contributed by atoms with Gasteiger partial charge in [-0.15, -0.1) is 0 Å². The van der Waals surface area contributed by atoms with Crippen LogP contribution in [-0.2, 0) is 52.2 Å². The largest absolute Gasteiger partial charge is 0.394 e. The number of nitrogens with one attached hydrogen (secondary N) is 2. The van der Waals surface area contributed by atoms with E-state index in [-0.39, 0.29) is 6.42 Å². The zero-order valence-corrected chi connectivity index (χ0v) is 32.5. The number of carbonyl (C=O) groups is 2. The van der Waals surface area contributed by atoms with Gasteiger partial charge in [0.15, 0.2) is 31.5 Å². The third-order valence-corrected chi connectivity index (χ3v) is 10.9. The summed E-state index contributed by atoms with van der Waals surface area (Å²) in [6, 6.07) is -3.09. The molecule has 0 aromatic rings. The topological polar surface area (TPSA) is 404 Å². The van der Waals surface area contributed by atoms with Gasteiger partial charge in [-0.2, -0.15) is 0 Å². The SMILES string of the molecule is CC(=O)NC1[C@H](O[C@@H]2C(CO)O[C@@H](O)C(NC(C)=O)[C@H]2O)OC(CO)[C@@H](O[C@@H]2OC(CO[C@@H]3C[C@@H](O)[C@H](O)C(CO)O3)[C@@H](O)[C@H](O[C@H]3CC(O)[C@@H](O)C(CO)O3)C2O)[C@@H]1O. The van der Waals surface area contributed by atoms with Crippen molar-refractivity contribution in [1.82, 2.24) is 10.6 Å². The summed E-state index contributed by atoms with van der Waals surface area (Å²) in [5.74, 6) is -1.42. The van der Waals surface area contributed by atoms with Crippen molar-refractivity contribution in [2.75, 3.05) is 33.0 Å². The van der Waals surface area contributed by atoms with E-state index in [2.05, 4.69) is 10.6 Å². The Kier molecular flexibility index (Phi) is 17.7. The van der Waals surface area contributed by atoms with Crippen LogP contribution >= 0.6 is 0 Å². The molecule has 2 amide bonds. The molecule has 15 N–H and O–H groups in total. The number of hydrogen-bond acceptors (Lipinski definition) is 24. The van der Waals surface area contributed by atoms with Crippen LogP contribution in [0.25, 0.3) is 0 Å². The molecule has 0 radical (unpaired) electrons. The van der Waals surface area contributed by atoms with Crippen molar-refractivity contribution in [1.29, 1.82) is 0 Å². The molecule has 26 heteroatoms. The average Bonchev–Trinajstić information content (AvgIpc) is 3.20. The van der Waals surface area contributed by atoms with Crippen LogP contribution in [0.15, 0.2) is 0 Å². The van der Waals surface area contributed by atoms with E-state index in [4.69, 9.17) is 42.6 Å². The van der Waals surface area contributed by atoms with Gasteiger partial charge >= 0.3 is 0 Å². The maximum absolute atomic E-state index is 12.4. The minimum absolute atomic E-state index is 0.281. The molecule has 0 bridgehead atoms. The minimum atomic E-state index is -2.00. The Morgan fingerprint density at radius 3 is 1.52 bits per heavy atom. The fourth-order valence-electron chi connectivity index (χ4n) is 7.71. The summed E-state index contributed by atoms with van der Waals surface area (Å²) >= 11 is 0. The van der Waals surface area contributed by atoms with Gasteiger partial charge < -0.3 is 120 Å². The first kappa shape index (κ1) is 49.1. The van der Waals surface area contributed by atoms with Gasteiger partial charge in [0.2, 0.25) is 11.8 Å². The van der Waals surface area contributed by atoms with Crippen molar-refractivity contribution < 1.29 is 119 Å². The summed E-state index contributed by atoms with van der Waals surface area (Å²) in [6.45, 7) is -1.63. The van der Waals surface area contributed by atoms with Crippen LogP contribution in [0, 0.1) is 0 Å². The third kappa shape index (κ3) is 11.2. The Morgan fingerprint density at radius 1 is 0.500 bits per heavy atom. The summed E-state index contributed by atoms with van der Waals surface area (Å²) in [5.41, 5.74) is 0. The van der Waals surface area contributed by atoms with E-state index in [1.165, 1.54) is 0 Å². The second-order valence-electron chi connectivity index (χ2n) is 15.2. The molecule has 5 fully saturated rings. The van der Waals surface area contributed by atoms with E-state index in [0.29, 0.717) is 0 Å². The maximum Gasteiger partial charge on any atom is 0.217 e. The first-order chi connectivity index (χ1) is 28.4. The summed E-state index contributed by atoms with van der Waals surface area (Å²) in [6.07, 6.45) is -34.4. The fourth-order valence-corrected chi connectivity index (χ4v) is 7.71. The molecule has 5 aliphatic rings. The molecular formula is C34H58N2O24. The predicted octanol–water partition coefficient (Wildman–Crippen LogP) is -9.58. The molecule has 26 nitrogen and oxygen atoms in total. The van der Waals surface area contributed by atoms with Crippen LogP contribution < -0.4 is 10.6 Å². The number of carbonyl (C=O) groups excluding carboxylic acids is 2. The number of aliphatic hydroxyl groups is 13. The van der Waals surface area contributed by atoms with Crippen LogP contribution in [0.5, 0.6) is 0 Å².